The number of nitrogens with two attached hydrogens (primary N) is 1. The first-order valence-electron chi connectivity index (χ1n) is 6.71. The van der Waals surface area contributed by atoms with Crippen LogP contribution in [-0.4, -0.2) is 54.9 Å². The lowest BCUT2D eigenvalue weighted by Gasteiger charge is -2.43. The summed E-state index contributed by atoms with van der Waals surface area (Å²) < 4.78 is 11.4. The number of nitrogens with zero attached hydrogens (tertiary/aromatic N) is 1. The van der Waals surface area contributed by atoms with Gasteiger partial charge in [-0.3, -0.25) is 4.79 Å². The van der Waals surface area contributed by atoms with Crippen LogP contribution in [0.2, 0.25) is 0 Å². The van der Waals surface area contributed by atoms with Crippen molar-refractivity contribution in [2.75, 3.05) is 26.2 Å². The molecule has 0 aromatic heterocycles. The Hall–Kier alpha value is -0.650. The fourth-order valence-corrected chi connectivity index (χ4v) is 2.78. The Kier molecular flexibility index (Phi) is 3.94. The summed E-state index contributed by atoms with van der Waals surface area (Å²) in [6, 6.07) is 0. The molecule has 0 saturated carbocycles. The van der Waals surface area contributed by atoms with Gasteiger partial charge in [0, 0.05) is 26.2 Å². The van der Waals surface area contributed by atoms with Crippen LogP contribution in [0.1, 0.15) is 27.2 Å². The smallest absolute Gasteiger partial charge is 0.252 e. The predicted molar refractivity (Wildman–Crippen MR) is 68.1 cm³/mol. The summed E-state index contributed by atoms with van der Waals surface area (Å²) in [5.41, 5.74) is 5.34. The molecular weight excluding hydrogens is 232 g/mol. The minimum absolute atomic E-state index is 0.0746. The molecule has 3 atom stereocenters. The lowest BCUT2D eigenvalue weighted by atomic mass is 10.00. The van der Waals surface area contributed by atoms with Crippen molar-refractivity contribution in [2.24, 2.45) is 11.7 Å². The molecule has 2 fully saturated rings. The molecule has 2 rings (SSSR count). The number of morpholine rings is 1. The number of rotatable bonds is 2. The summed E-state index contributed by atoms with van der Waals surface area (Å²) in [7, 11) is 0. The minimum atomic E-state index is -0.334. The third-order valence-electron chi connectivity index (χ3n) is 3.69. The number of ether oxygens (including phenoxy) is 2. The SMILES string of the molecule is CC1CCOC1C(=O)N1CC(CN)OC(C)(C)C1. The van der Waals surface area contributed by atoms with Gasteiger partial charge in [0.2, 0.25) is 0 Å². The van der Waals surface area contributed by atoms with Gasteiger partial charge in [0.25, 0.3) is 5.91 Å². The van der Waals surface area contributed by atoms with Crippen LogP contribution in [0.4, 0.5) is 0 Å². The molecule has 2 aliphatic heterocycles. The zero-order chi connectivity index (χ0) is 13.3. The molecule has 2 saturated heterocycles. The molecule has 2 heterocycles. The molecule has 2 aliphatic rings. The van der Waals surface area contributed by atoms with E-state index in [1.165, 1.54) is 0 Å². The van der Waals surface area contributed by atoms with E-state index < -0.39 is 0 Å². The van der Waals surface area contributed by atoms with Crippen molar-refractivity contribution in [1.29, 1.82) is 0 Å². The van der Waals surface area contributed by atoms with Crippen molar-refractivity contribution < 1.29 is 14.3 Å². The summed E-state index contributed by atoms with van der Waals surface area (Å²) in [5.74, 6) is 0.398. The molecule has 1 amide bonds. The summed E-state index contributed by atoms with van der Waals surface area (Å²) in [6.45, 7) is 8.36. The normalized spacial score (nSPS) is 35.8. The van der Waals surface area contributed by atoms with E-state index in [4.69, 9.17) is 15.2 Å². The van der Waals surface area contributed by atoms with Gasteiger partial charge < -0.3 is 20.1 Å². The Morgan fingerprint density at radius 2 is 2.22 bits per heavy atom. The van der Waals surface area contributed by atoms with Gasteiger partial charge in [0.05, 0.1) is 11.7 Å². The van der Waals surface area contributed by atoms with E-state index in [-0.39, 0.29) is 23.7 Å². The maximum Gasteiger partial charge on any atom is 0.252 e. The van der Waals surface area contributed by atoms with Crippen molar-refractivity contribution in [2.45, 2.75) is 45.0 Å². The number of hydrogen-bond acceptors (Lipinski definition) is 4. The highest BCUT2D eigenvalue weighted by Crippen LogP contribution is 2.26. The van der Waals surface area contributed by atoms with Crippen LogP contribution in [0.5, 0.6) is 0 Å². The highest BCUT2D eigenvalue weighted by atomic mass is 16.5. The molecule has 0 radical (unpaired) electrons. The summed E-state index contributed by atoms with van der Waals surface area (Å²) in [5, 5.41) is 0. The fourth-order valence-electron chi connectivity index (χ4n) is 2.78. The van der Waals surface area contributed by atoms with Gasteiger partial charge >= 0.3 is 0 Å². The van der Waals surface area contributed by atoms with Gasteiger partial charge in [-0.25, -0.2) is 0 Å². The average molecular weight is 256 g/mol. The van der Waals surface area contributed by atoms with Gasteiger partial charge in [-0.2, -0.15) is 0 Å². The zero-order valence-electron chi connectivity index (χ0n) is 11.5. The van der Waals surface area contributed by atoms with E-state index in [2.05, 4.69) is 6.92 Å². The topological polar surface area (TPSA) is 64.8 Å². The maximum absolute atomic E-state index is 12.5. The first-order valence-corrected chi connectivity index (χ1v) is 6.71. The third-order valence-corrected chi connectivity index (χ3v) is 3.69. The predicted octanol–water partition coefficient (Wildman–Crippen LogP) is 0.376. The second-order valence-corrected chi connectivity index (χ2v) is 6.01. The van der Waals surface area contributed by atoms with E-state index in [0.29, 0.717) is 32.2 Å². The Labute approximate surface area is 109 Å². The van der Waals surface area contributed by atoms with Crippen LogP contribution in [0.25, 0.3) is 0 Å². The molecule has 3 unspecified atom stereocenters. The first kappa shape index (κ1) is 13.8. The van der Waals surface area contributed by atoms with Crippen LogP contribution in [0.15, 0.2) is 0 Å². The van der Waals surface area contributed by atoms with Gasteiger partial charge in [-0.15, -0.1) is 0 Å². The molecule has 104 valence electrons. The van der Waals surface area contributed by atoms with Crippen molar-refractivity contribution in [3.8, 4) is 0 Å². The maximum atomic E-state index is 12.5. The summed E-state index contributed by atoms with van der Waals surface area (Å²) >= 11 is 0. The Bertz CT molecular complexity index is 319. The van der Waals surface area contributed by atoms with E-state index in [9.17, 15) is 4.79 Å². The Morgan fingerprint density at radius 1 is 1.50 bits per heavy atom. The summed E-state index contributed by atoms with van der Waals surface area (Å²) in [4.78, 5) is 14.3. The van der Waals surface area contributed by atoms with Gasteiger partial charge in [-0.1, -0.05) is 6.92 Å². The molecule has 0 bridgehead atoms. The second kappa shape index (κ2) is 5.15. The largest absolute Gasteiger partial charge is 0.368 e. The number of hydrogen-bond donors (Lipinski definition) is 1. The first-order chi connectivity index (χ1) is 8.43. The van der Waals surface area contributed by atoms with E-state index in [1.54, 1.807) is 0 Å². The van der Waals surface area contributed by atoms with Crippen LogP contribution in [-0.2, 0) is 14.3 Å². The van der Waals surface area contributed by atoms with E-state index in [0.717, 1.165) is 6.42 Å². The van der Waals surface area contributed by atoms with Gasteiger partial charge in [0.1, 0.15) is 6.10 Å². The Morgan fingerprint density at radius 3 is 2.78 bits per heavy atom. The van der Waals surface area contributed by atoms with Crippen molar-refractivity contribution in [3.05, 3.63) is 0 Å². The average Bonchev–Trinajstić information content (AvgIpc) is 2.72. The van der Waals surface area contributed by atoms with Gasteiger partial charge in [-0.05, 0) is 26.2 Å². The molecule has 0 spiro atoms. The molecule has 0 aromatic carbocycles. The number of carbonyl (C=O) groups is 1. The van der Waals surface area contributed by atoms with Crippen molar-refractivity contribution in [1.82, 2.24) is 4.90 Å². The molecule has 5 heteroatoms. The van der Waals surface area contributed by atoms with Crippen LogP contribution in [0.3, 0.4) is 0 Å². The fraction of sp³-hybridized carbons (Fsp3) is 0.923. The number of carbonyl (C=O) groups excluding carboxylic acids is 1. The van der Waals surface area contributed by atoms with Crippen molar-refractivity contribution >= 4 is 5.91 Å². The molecule has 0 aromatic rings. The molecular formula is C13H24N2O3. The van der Waals surface area contributed by atoms with Crippen molar-refractivity contribution in [3.63, 3.8) is 0 Å². The van der Waals surface area contributed by atoms with E-state index in [1.807, 2.05) is 18.7 Å². The quantitative estimate of drug-likeness (QED) is 0.775. The monoisotopic (exact) mass is 256 g/mol. The molecule has 18 heavy (non-hydrogen) atoms. The highest BCUT2D eigenvalue weighted by molar-refractivity contribution is 5.81. The van der Waals surface area contributed by atoms with Crippen LogP contribution < -0.4 is 5.73 Å². The number of amides is 1. The minimum Gasteiger partial charge on any atom is -0.368 e. The second-order valence-electron chi connectivity index (χ2n) is 6.01. The lowest BCUT2D eigenvalue weighted by Crippen LogP contribution is -2.58. The standard InChI is InChI=1S/C13H24N2O3/c1-9-4-5-17-11(9)12(16)15-7-10(6-14)18-13(2,3)8-15/h9-11H,4-8,14H2,1-3H3. The highest BCUT2D eigenvalue weighted by Gasteiger charge is 2.40. The zero-order valence-corrected chi connectivity index (χ0v) is 11.5. The van der Waals surface area contributed by atoms with E-state index >= 15 is 0 Å². The lowest BCUT2D eigenvalue weighted by molar-refractivity contribution is -0.167. The van der Waals surface area contributed by atoms with Crippen LogP contribution >= 0.6 is 0 Å². The third kappa shape index (κ3) is 2.84. The summed E-state index contributed by atoms with van der Waals surface area (Å²) in [6.07, 6.45) is 0.608. The van der Waals surface area contributed by atoms with Crippen LogP contribution in [0, 0.1) is 5.92 Å². The Balaban J connectivity index is 2.05. The molecule has 0 aliphatic carbocycles. The molecule has 2 N–H and O–H groups in total. The molecule has 5 nitrogen and oxygen atoms in total. The van der Waals surface area contributed by atoms with Gasteiger partial charge in [0.15, 0.2) is 0 Å².